The number of nitrogens with one attached hydrogen (secondary N) is 1. The minimum absolute atomic E-state index is 0.0242. The SMILES string of the molecule is Cc1nc(/C=C/C(=O)NCc2ccc(C(=O)O)nc2)cs1. The number of aromatic carboxylic acids is 1. The van der Waals surface area contributed by atoms with Gasteiger partial charge in [-0.3, -0.25) is 4.79 Å². The molecule has 1 amide bonds. The van der Waals surface area contributed by atoms with Crippen LogP contribution < -0.4 is 5.32 Å². The Morgan fingerprint density at radius 1 is 1.43 bits per heavy atom. The molecule has 0 saturated carbocycles. The second-order valence-corrected chi connectivity index (χ2v) is 5.26. The molecule has 0 aliphatic carbocycles. The molecule has 2 N–H and O–H groups in total. The highest BCUT2D eigenvalue weighted by molar-refractivity contribution is 7.09. The van der Waals surface area contributed by atoms with Crippen molar-refractivity contribution in [2.24, 2.45) is 0 Å². The molecule has 6 nitrogen and oxygen atoms in total. The van der Waals surface area contributed by atoms with Gasteiger partial charge in [-0.05, 0) is 24.6 Å². The number of carboxylic acids is 1. The molecule has 7 heteroatoms. The summed E-state index contributed by atoms with van der Waals surface area (Å²) in [5.74, 6) is -1.32. The second kappa shape index (κ2) is 6.76. The van der Waals surface area contributed by atoms with Crippen LogP contribution in [0.4, 0.5) is 0 Å². The van der Waals surface area contributed by atoms with Crippen LogP contribution in [-0.4, -0.2) is 27.0 Å². The highest BCUT2D eigenvalue weighted by Gasteiger charge is 2.04. The summed E-state index contributed by atoms with van der Waals surface area (Å²) in [4.78, 5) is 30.3. The molecular formula is C14H13N3O3S. The van der Waals surface area contributed by atoms with Gasteiger partial charge in [0.25, 0.3) is 0 Å². The average Bonchev–Trinajstić information content (AvgIpc) is 2.89. The molecule has 0 aliphatic rings. The first kappa shape index (κ1) is 14.9. The molecule has 2 aromatic heterocycles. The summed E-state index contributed by atoms with van der Waals surface area (Å²) in [7, 11) is 0. The number of carbonyl (C=O) groups is 2. The number of thiazole rings is 1. The van der Waals surface area contributed by atoms with E-state index in [1.807, 2.05) is 12.3 Å². The van der Waals surface area contributed by atoms with E-state index in [1.165, 1.54) is 29.7 Å². The largest absolute Gasteiger partial charge is 0.477 e. The van der Waals surface area contributed by atoms with Gasteiger partial charge in [0.15, 0.2) is 0 Å². The predicted octanol–water partition coefficient (Wildman–Crippen LogP) is 1.87. The molecule has 0 aliphatic heterocycles. The lowest BCUT2D eigenvalue weighted by atomic mass is 10.2. The van der Waals surface area contributed by atoms with Crippen molar-refractivity contribution in [2.45, 2.75) is 13.5 Å². The van der Waals surface area contributed by atoms with Crippen molar-refractivity contribution >= 4 is 29.3 Å². The van der Waals surface area contributed by atoms with Gasteiger partial charge in [-0.15, -0.1) is 11.3 Å². The fourth-order valence-corrected chi connectivity index (χ4v) is 2.10. The lowest BCUT2D eigenvalue weighted by molar-refractivity contribution is -0.116. The summed E-state index contributed by atoms with van der Waals surface area (Å²) in [6.45, 7) is 2.18. The van der Waals surface area contributed by atoms with Crippen molar-refractivity contribution in [1.82, 2.24) is 15.3 Å². The molecule has 0 aromatic carbocycles. The minimum atomic E-state index is -1.08. The first-order valence-electron chi connectivity index (χ1n) is 6.11. The molecule has 0 spiro atoms. The summed E-state index contributed by atoms with van der Waals surface area (Å²) < 4.78 is 0. The van der Waals surface area contributed by atoms with E-state index in [-0.39, 0.29) is 18.1 Å². The third-order valence-corrected chi connectivity index (χ3v) is 3.34. The highest BCUT2D eigenvalue weighted by Crippen LogP contribution is 2.09. The summed E-state index contributed by atoms with van der Waals surface area (Å²) in [5.41, 5.74) is 1.45. The summed E-state index contributed by atoms with van der Waals surface area (Å²) in [6, 6.07) is 3.02. The molecule has 2 aromatic rings. The third-order valence-electron chi connectivity index (χ3n) is 2.55. The molecule has 0 bridgehead atoms. The van der Waals surface area contributed by atoms with E-state index in [0.717, 1.165) is 16.3 Å². The maximum Gasteiger partial charge on any atom is 0.354 e. The molecule has 108 valence electrons. The Bertz CT molecular complexity index is 677. The van der Waals surface area contributed by atoms with E-state index in [0.29, 0.717) is 0 Å². The second-order valence-electron chi connectivity index (χ2n) is 4.20. The number of nitrogens with zero attached hydrogens (tertiary/aromatic N) is 2. The smallest absolute Gasteiger partial charge is 0.354 e. The van der Waals surface area contributed by atoms with Crippen LogP contribution in [-0.2, 0) is 11.3 Å². The lowest BCUT2D eigenvalue weighted by Gasteiger charge is -2.02. The Morgan fingerprint density at radius 3 is 2.81 bits per heavy atom. The number of aromatic nitrogens is 2. The summed E-state index contributed by atoms with van der Waals surface area (Å²) in [5, 5.41) is 14.2. The number of amides is 1. The Labute approximate surface area is 125 Å². The first-order chi connectivity index (χ1) is 10.0. The Hall–Kier alpha value is -2.54. The van der Waals surface area contributed by atoms with Crippen LogP contribution in [0.15, 0.2) is 29.8 Å². The van der Waals surface area contributed by atoms with E-state index in [2.05, 4.69) is 15.3 Å². The fourth-order valence-electron chi connectivity index (χ4n) is 1.52. The summed E-state index contributed by atoms with van der Waals surface area (Å²) in [6.07, 6.45) is 4.48. The van der Waals surface area contributed by atoms with Gasteiger partial charge in [-0.1, -0.05) is 6.07 Å². The molecular weight excluding hydrogens is 290 g/mol. The normalized spacial score (nSPS) is 10.7. The number of hydrogen-bond acceptors (Lipinski definition) is 5. The summed E-state index contributed by atoms with van der Waals surface area (Å²) >= 11 is 1.52. The van der Waals surface area contributed by atoms with Crippen molar-refractivity contribution in [3.8, 4) is 0 Å². The molecule has 2 heterocycles. The van der Waals surface area contributed by atoms with Gasteiger partial charge in [0.05, 0.1) is 10.7 Å². The van der Waals surface area contributed by atoms with E-state index in [9.17, 15) is 9.59 Å². The third kappa shape index (κ3) is 4.50. The topological polar surface area (TPSA) is 92.2 Å². The number of pyridine rings is 1. The maximum absolute atomic E-state index is 11.6. The molecule has 0 atom stereocenters. The van der Waals surface area contributed by atoms with Crippen molar-refractivity contribution < 1.29 is 14.7 Å². The van der Waals surface area contributed by atoms with Crippen molar-refractivity contribution in [3.05, 3.63) is 51.7 Å². The average molecular weight is 303 g/mol. The number of hydrogen-bond donors (Lipinski definition) is 2. The fraction of sp³-hybridized carbons (Fsp3) is 0.143. The molecule has 0 fully saturated rings. The first-order valence-corrected chi connectivity index (χ1v) is 6.99. The van der Waals surface area contributed by atoms with Crippen LogP contribution >= 0.6 is 11.3 Å². The monoisotopic (exact) mass is 303 g/mol. The number of aryl methyl sites for hydroxylation is 1. The molecule has 0 saturated heterocycles. The predicted molar refractivity (Wildman–Crippen MR) is 78.9 cm³/mol. The van der Waals surface area contributed by atoms with Gasteiger partial charge in [0.2, 0.25) is 5.91 Å². The Kier molecular flexibility index (Phi) is 4.78. The number of rotatable bonds is 5. The van der Waals surface area contributed by atoms with E-state index >= 15 is 0 Å². The van der Waals surface area contributed by atoms with E-state index < -0.39 is 5.97 Å². The lowest BCUT2D eigenvalue weighted by Crippen LogP contribution is -2.20. The van der Waals surface area contributed by atoms with Gasteiger partial charge in [-0.25, -0.2) is 14.8 Å². The van der Waals surface area contributed by atoms with Crippen molar-refractivity contribution in [1.29, 1.82) is 0 Å². The van der Waals surface area contributed by atoms with Gasteiger partial charge in [0, 0.05) is 24.2 Å². The van der Waals surface area contributed by atoms with E-state index in [1.54, 1.807) is 12.1 Å². The van der Waals surface area contributed by atoms with Gasteiger partial charge in [-0.2, -0.15) is 0 Å². The molecule has 2 rings (SSSR count). The maximum atomic E-state index is 11.6. The van der Waals surface area contributed by atoms with Crippen LogP contribution in [0.2, 0.25) is 0 Å². The Balaban J connectivity index is 1.86. The van der Waals surface area contributed by atoms with Gasteiger partial charge < -0.3 is 10.4 Å². The zero-order valence-electron chi connectivity index (χ0n) is 11.2. The molecule has 0 radical (unpaired) electrons. The zero-order valence-corrected chi connectivity index (χ0v) is 12.1. The van der Waals surface area contributed by atoms with Gasteiger partial charge in [0.1, 0.15) is 5.69 Å². The highest BCUT2D eigenvalue weighted by atomic mass is 32.1. The molecule has 21 heavy (non-hydrogen) atoms. The van der Waals surface area contributed by atoms with Crippen LogP contribution in [0.25, 0.3) is 6.08 Å². The van der Waals surface area contributed by atoms with E-state index in [4.69, 9.17) is 5.11 Å². The minimum Gasteiger partial charge on any atom is -0.477 e. The standard InChI is InChI=1S/C14H13N3O3S/c1-9-17-11(8-21-9)3-5-13(18)16-7-10-2-4-12(14(19)20)15-6-10/h2-6,8H,7H2,1H3,(H,16,18)(H,19,20)/b5-3+. The number of carboxylic acid groups (broad SMARTS) is 1. The van der Waals surface area contributed by atoms with Gasteiger partial charge >= 0.3 is 5.97 Å². The van der Waals surface area contributed by atoms with Crippen LogP contribution in [0, 0.1) is 6.92 Å². The van der Waals surface area contributed by atoms with Crippen molar-refractivity contribution in [2.75, 3.05) is 0 Å². The van der Waals surface area contributed by atoms with Crippen LogP contribution in [0.1, 0.15) is 26.8 Å². The van der Waals surface area contributed by atoms with Crippen molar-refractivity contribution in [3.63, 3.8) is 0 Å². The van der Waals surface area contributed by atoms with Crippen LogP contribution in [0.3, 0.4) is 0 Å². The molecule has 0 unspecified atom stereocenters. The number of carbonyl (C=O) groups excluding carboxylic acids is 1. The zero-order chi connectivity index (χ0) is 15.2. The Morgan fingerprint density at radius 2 is 2.24 bits per heavy atom. The van der Waals surface area contributed by atoms with Crippen LogP contribution in [0.5, 0.6) is 0 Å². The quantitative estimate of drug-likeness (QED) is 0.823.